The van der Waals surface area contributed by atoms with Crippen LogP contribution in [0.25, 0.3) is 0 Å². The molecule has 0 spiro atoms. The molecule has 0 unspecified atom stereocenters. The summed E-state index contributed by atoms with van der Waals surface area (Å²) in [6.45, 7) is 8.76. The molecule has 0 bridgehead atoms. The van der Waals surface area contributed by atoms with Crippen LogP contribution in [-0.2, 0) is 11.2 Å². The molecule has 1 saturated heterocycles. The second kappa shape index (κ2) is 10.9. The molecule has 3 rings (SSSR count). The largest absolute Gasteiger partial charge is 0.497 e. The van der Waals surface area contributed by atoms with Gasteiger partial charge in [-0.1, -0.05) is 24.3 Å². The van der Waals surface area contributed by atoms with Crippen LogP contribution >= 0.6 is 0 Å². The van der Waals surface area contributed by atoms with Crippen molar-refractivity contribution in [2.45, 2.75) is 26.3 Å². The van der Waals surface area contributed by atoms with Crippen LogP contribution < -0.4 is 19.7 Å². The predicted molar refractivity (Wildman–Crippen MR) is 121 cm³/mol. The van der Waals surface area contributed by atoms with Crippen LogP contribution in [-0.4, -0.2) is 63.3 Å². The van der Waals surface area contributed by atoms with Gasteiger partial charge in [0.25, 0.3) is 0 Å². The summed E-state index contributed by atoms with van der Waals surface area (Å²) in [6.07, 6.45) is 0.810. The Kier molecular flexibility index (Phi) is 7.97. The van der Waals surface area contributed by atoms with E-state index in [9.17, 15) is 4.79 Å². The molecule has 1 aliphatic rings. The fraction of sp³-hybridized carbons (Fsp3) is 0.458. The third kappa shape index (κ3) is 5.66. The van der Waals surface area contributed by atoms with E-state index in [1.54, 1.807) is 7.11 Å². The van der Waals surface area contributed by atoms with Crippen molar-refractivity contribution in [2.75, 3.05) is 51.3 Å². The molecular formula is C24H33N3O3. The number of rotatable bonds is 9. The van der Waals surface area contributed by atoms with Crippen molar-refractivity contribution in [3.8, 4) is 11.5 Å². The average molecular weight is 412 g/mol. The number of carbonyl (C=O) groups is 1. The first-order valence-electron chi connectivity index (χ1n) is 10.7. The Hall–Kier alpha value is -2.73. The van der Waals surface area contributed by atoms with E-state index in [-0.39, 0.29) is 11.9 Å². The summed E-state index contributed by atoms with van der Waals surface area (Å²) in [7, 11) is 1.66. The van der Waals surface area contributed by atoms with Crippen molar-refractivity contribution >= 4 is 11.6 Å². The minimum atomic E-state index is -0.134. The minimum Gasteiger partial charge on any atom is -0.497 e. The third-order valence-electron chi connectivity index (χ3n) is 5.62. The Morgan fingerprint density at radius 3 is 2.43 bits per heavy atom. The number of nitrogens with one attached hydrogen (secondary N) is 1. The Bertz CT molecular complexity index is 802. The van der Waals surface area contributed by atoms with E-state index >= 15 is 0 Å². The summed E-state index contributed by atoms with van der Waals surface area (Å²) < 4.78 is 10.9. The maximum atomic E-state index is 12.6. The average Bonchev–Trinajstić information content (AvgIpc) is 2.80. The van der Waals surface area contributed by atoms with E-state index < -0.39 is 0 Å². The zero-order chi connectivity index (χ0) is 21.3. The van der Waals surface area contributed by atoms with Gasteiger partial charge in [-0.2, -0.15) is 0 Å². The summed E-state index contributed by atoms with van der Waals surface area (Å²) in [5, 5.41) is 3.08. The maximum Gasteiger partial charge on any atom is 0.237 e. The maximum absolute atomic E-state index is 12.6. The highest BCUT2D eigenvalue weighted by atomic mass is 16.5. The van der Waals surface area contributed by atoms with Crippen molar-refractivity contribution in [3.05, 3.63) is 54.1 Å². The zero-order valence-electron chi connectivity index (χ0n) is 18.3. The van der Waals surface area contributed by atoms with Crippen LogP contribution in [0.15, 0.2) is 48.5 Å². The van der Waals surface area contributed by atoms with Crippen molar-refractivity contribution < 1.29 is 14.3 Å². The summed E-state index contributed by atoms with van der Waals surface area (Å²) >= 11 is 0. The summed E-state index contributed by atoms with van der Waals surface area (Å²) in [5.74, 6) is 1.86. The molecule has 0 aromatic heterocycles. The van der Waals surface area contributed by atoms with Crippen LogP contribution in [0.2, 0.25) is 0 Å². The number of hydrogen-bond donors (Lipinski definition) is 1. The lowest BCUT2D eigenvalue weighted by molar-refractivity contribution is -0.125. The number of ether oxygens (including phenoxy) is 2. The fourth-order valence-electron chi connectivity index (χ4n) is 3.78. The van der Waals surface area contributed by atoms with Crippen molar-refractivity contribution in [2.24, 2.45) is 0 Å². The van der Waals surface area contributed by atoms with Gasteiger partial charge in [0.15, 0.2) is 0 Å². The Balaban J connectivity index is 1.45. The number of methoxy groups -OCH3 is 1. The van der Waals surface area contributed by atoms with Gasteiger partial charge in [0.05, 0.1) is 25.4 Å². The second-order valence-electron chi connectivity index (χ2n) is 7.49. The standard InChI is InChI=1S/C24H33N3O3/c1-4-30-23-8-6-5-7-22(23)27-17-15-26(16-18-27)19(2)24(28)25-14-13-20-9-11-21(29-3)12-10-20/h5-12,19H,4,13-18H2,1-3H3,(H,25,28)/t19-/m0/s1. The molecule has 0 saturated carbocycles. The van der Waals surface area contributed by atoms with Gasteiger partial charge in [0.2, 0.25) is 5.91 Å². The van der Waals surface area contributed by atoms with Crippen LogP contribution in [0.1, 0.15) is 19.4 Å². The summed E-state index contributed by atoms with van der Waals surface area (Å²) in [6, 6.07) is 16.0. The second-order valence-corrected chi connectivity index (χ2v) is 7.49. The third-order valence-corrected chi connectivity index (χ3v) is 5.62. The van der Waals surface area contributed by atoms with Crippen LogP contribution in [0, 0.1) is 0 Å². The number of anilines is 1. The molecule has 0 radical (unpaired) electrons. The molecule has 6 heteroatoms. The molecule has 30 heavy (non-hydrogen) atoms. The van der Waals surface area contributed by atoms with Gasteiger partial charge < -0.3 is 19.7 Å². The lowest BCUT2D eigenvalue weighted by atomic mass is 10.1. The fourth-order valence-corrected chi connectivity index (χ4v) is 3.78. The SMILES string of the molecule is CCOc1ccccc1N1CCN([C@@H](C)C(=O)NCCc2ccc(OC)cc2)CC1. The molecule has 1 N–H and O–H groups in total. The Labute approximate surface area is 179 Å². The smallest absolute Gasteiger partial charge is 0.237 e. The van der Waals surface area contributed by atoms with Crippen molar-refractivity contribution in [1.82, 2.24) is 10.2 Å². The number of nitrogens with zero attached hydrogens (tertiary/aromatic N) is 2. The van der Waals surface area contributed by atoms with Gasteiger partial charge in [-0.3, -0.25) is 9.69 Å². The van der Waals surface area contributed by atoms with Crippen LogP contribution in [0.4, 0.5) is 5.69 Å². The van der Waals surface area contributed by atoms with Gasteiger partial charge in [-0.25, -0.2) is 0 Å². The highest BCUT2D eigenvalue weighted by molar-refractivity contribution is 5.81. The molecule has 0 aliphatic carbocycles. The zero-order valence-corrected chi connectivity index (χ0v) is 18.3. The Morgan fingerprint density at radius 1 is 1.07 bits per heavy atom. The normalized spacial score (nSPS) is 15.5. The summed E-state index contributed by atoms with van der Waals surface area (Å²) in [4.78, 5) is 17.2. The number of hydrogen-bond acceptors (Lipinski definition) is 5. The van der Waals surface area contributed by atoms with Gasteiger partial charge in [0, 0.05) is 32.7 Å². The van der Waals surface area contributed by atoms with Gasteiger partial charge in [-0.05, 0) is 50.1 Å². The number of benzene rings is 2. The van der Waals surface area contributed by atoms with Crippen molar-refractivity contribution in [3.63, 3.8) is 0 Å². The van der Waals surface area contributed by atoms with Crippen LogP contribution in [0.3, 0.4) is 0 Å². The molecule has 162 valence electrons. The first kappa shape index (κ1) is 22.0. The minimum absolute atomic E-state index is 0.0895. The number of carbonyl (C=O) groups excluding carboxylic acids is 1. The predicted octanol–water partition coefficient (Wildman–Crippen LogP) is 2.96. The lowest BCUT2D eigenvalue weighted by Gasteiger charge is -2.39. The van der Waals surface area contributed by atoms with E-state index in [1.807, 2.05) is 56.3 Å². The highest BCUT2D eigenvalue weighted by Crippen LogP contribution is 2.29. The molecule has 2 aromatic carbocycles. The Morgan fingerprint density at radius 2 is 1.77 bits per heavy atom. The highest BCUT2D eigenvalue weighted by Gasteiger charge is 2.26. The molecule has 1 aliphatic heterocycles. The molecule has 1 atom stereocenters. The number of amides is 1. The first-order chi connectivity index (χ1) is 14.6. The van der Waals surface area contributed by atoms with Crippen LogP contribution in [0.5, 0.6) is 11.5 Å². The van der Waals surface area contributed by atoms with Crippen molar-refractivity contribution in [1.29, 1.82) is 0 Å². The quantitative estimate of drug-likeness (QED) is 0.688. The molecule has 1 fully saturated rings. The van der Waals surface area contributed by atoms with E-state index in [0.29, 0.717) is 13.2 Å². The van der Waals surface area contributed by atoms with E-state index in [1.165, 1.54) is 5.56 Å². The van der Waals surface area contributed by atoms with Gasteiger partial charge in [-0.15, -0.1) is 0 Å². The van der Waals surface area contributed by atoms with E-state index in [4.69, 9.17) is 9.47 Å². The summed E-state index contributed by atoms with van der Waals surface area (Å²) in [5.41, 5.74) is 2.32. The van der Waals surface area contributed by atoms with E-state index in [2.05, 4.69) is 21.2 Å². The lowest BCUT2D eigenvalue weighted by Crippen LogP contribution is -2.54. The number of piperazine rings is 1. The van der Waals surface area contributed by atoms with Gasteiger partial charge >= 0.3 is 0 Å². The molecule has 6 nitrogen and oxygen atoms in total. The molecule has 1 heterocycles. The van der Waals surface area contributed by atoms with Gasteiger partial charge in [0.1, 0.15) is 11.5 Å². The molecular weight excluding hydrogens is 378 g/mol. The first-order valence-corrected chi connectivity index (χ1v) is 10.7. The number of para-hydroxylation sites is 2. The topological polar surface area (TPSA) is 54.0 Å². The molecule has 1 amide bonds. The van der Waals surface area contributed by atoms with E-state index in [0.717, 1.165) is 49.8 Å². The molecule has 2 aromatic rings. The monoisotopic (exact) mass is 411 g/mol.